The first-order valence-corrected chi connectivity index (χ1v) is 4.99. The molecule has 0 radical (unpaired) electrons. The SMILES string of the molecule is C1=C2Cc3cccc4c3C(=C12)CC4. The van der Waals surface area contributed by atoms with Gasteiger partial charge in [0.25, 0.3) is 0 Å². The van der Waals surface area contributed by atoms with Gasteiger partial charge in [-0.05, 0) is 52.7 Å². The van der Waals surface area contributed by atoms with E-state index >= 15 is 0 Å². The topological polar surface area (TPSA) is 0 Å². The second-order valence-electron chi connectivity index (χ2n) is 4.19. The third-order valence-electron chi connectivity index (χ3n) is 3.47. The molecule has 1 aromatic rings. The van der Waals surface area contributed by atoms with Crippen LogP contribution in [0.2, 0.25) is 0 Å². The van der Waals surface area contributed by atoms with Gasteiger partial charge in [-0.3, -0.25) is 0 Å². The summed E-state index contributed by atoms with van der Waals surface area (Å²) in [6.45, 7) is 0. The summed E-state index contributed by atoms with van der Waals surface area (Å²) >= 11 is 0. The van der Waals surface area contributed by atoms with Crippen LogP contribution in [-0.4, -0.2) is 0 Å². The number of hydrogen-bond donors (Lipinski definition) is 0. The summed E-state index contributed by atoms with van der Waals surface area (Å²) in [6, 6.07) is 6.80. The highest BCUT2D eigenvalue weighted by molar-refractivity contribution is 5.90. The Morgan fingerprint density at radius 2 is 1.92 bits per heavy atom. The average molecular weight is 166 g/mol. The van der Waals surface area contributed by atoms with Gasteiger partial charge in [-0.25, -0.2) is 0 Å². The summed E-state index contributed by atoms with van der Waals surface area (Å²) in [5.74, 6) is 0. The molecule has 0 heterocycles. The van der Waals surface area contributed by atoms with Crippen molar-refractivity contribution >= 4 is 5.57 Å². The van der Waals surface area contributed by atoms with E-state index in [9.17, 15) is 0 Å². The Hall–Kier alpha value is -1.30. The van der Waals surface area contributed by atoms with Gasteiger partial charge in [-0.2, -0.15) is 0 Å². The zero-order chi connectivity index (χ0) is 8.41. The van der Waals surface area contributed by atoms with Gasteiger partial charge >= 0.3 is 0 Å². The molecule has 62 valence electrons. The van der Waals surface area contributed by atoms with E-state index in [0.29, 0.717) is 0 Å². The maximum absolute atomic E-state index is 2.37. The molecule has 0 aliphatic heterocycles. The fourth-order valence-electron chi connectivity index (χ4n) is 2.82. The second kappa shape index (κ2) is 1.79. The minimum atomic E-state index is 1.20. The lowest BCUT2D eigenvalue weighted by Gasteiger charge is -2.12. The molecule has 0 amide bonds. The van der Waals surface area contributed by atoms with Gasteiger partial charge in [0.05, 0.1) is 0 Å². The van der Waals surface area contributed by atoms with E-state index in [4.69, 9.17) is 0 Å². The van der Waals surface area contributed by atoms with Crippen molar-refractivity contribution in [1.82, 2.24) is 0 Å². The number of benzene rings is 1. The van der Waals surface area contributed by atoms with Crippen LogP contribution in [-0.2, 0) is 12.8 Å². The van der Waals surface area contributed by atoms with Crippen LogP contribution in [0.15, 0.2) is 35.4 Å². The van der Waals surface area contributed by atoms with Crippen LogP contribution >= 0.6 is 0 Å². The number of rotatable bonds is 0. The lowest BCUT2D eigenvalue weighted by Crippen LogP contribution is -1.96. The summed E-state index contributed by atoms with van der Waals surface area (Å²) < 4.78 is 0. The van der Waals surface area contributed by atoms with E-state index in [1.807, 2.05) is 0 Å². The van der Waals surface area contributed by atoms with Gasteiger partial charge in [-0.15, -0.1) is 0 Å². The first-order valence-electron chi connectivity index (χ1n) is 4.99. The predicted molar refractivity (Wildman–Crippen MR) is 53.5 cm³/mol. The van der Waals surface area contributed by atoms with Crippen molar-refractivity contribution in [3.8, 4) is 0 Å². The molecule has 0 heteroatoms. The molecule has 0 nitrogen and oxygen atoms in total. The minimum Gasteiger partial charge on any atom is -0.0617 e. The Kier molecular flexibility index (Phi) is 0.855. The molecule has 13 heavy (non-hydrogen) atoms. The van der Waals surface area contributed by atoms with Crippen LogP contribution in [0.25, 0.3) is 5.57 Å². The summed E-state index contributed by atoms with van der Waals surface area (Å²) in [5.41, 5.74) is 9.60. The zero-order valence-corrected chi connectivity index (χ0v) is 7.43. The largest absolute Gasteiger partial charge is 0.0617 e. The first-order chi connectivity index (χ1) is 6.43. The molecular formula is C13H10. The Labute approximate surface area is 77.6 Å². The lowest BCUT2D eigenvalue weighted by atomic mass is 9.92. The molecule has 0 saturated carbocycles. The van der Waals surface area contributed by atoms with E-state index in [-0.39, 0.29) is 0 Å². The van der Waals surface area contributed by atoms with Gasteiger partial charge in [0.2, 0.25) is 0 Å². The van der Waals surface area contributed by atoms with E-state index < -0.39 is 0 Å². The number of allylic oxidation sites excluding steroid dienone is 4. The third-order valence-corrected chi connectivity index (χ3v) is 3.47. The molecule has 0 unspecified atom stereocenters. The van der Waals surface area contributed by atoms with Crippen molar-refractivity contribution in [2.45, 2.75) is 19.3 Å². The highest BCUT2D eigenvalue weighted by Crippen LogP contribution is 2.49. The molecule has 0 saturated heterocycles. The summed E-state index contributed by atoms with van der Waals surface area (Å²) in [4.78, 5) is 0. The Morgan fingerprint density at radius 1 is 1.00 bits per heavy atom. The lowest BCUT2D eigenvalue weighted by molar-refractivity contribution is 1.08. The zero-order valence-electron chi connectivity index (χ0n) is 7.43. The van der Waals surface area contributed by atoms with Gasteiger partial charge in [0, 0.05) is 0 Å². The molecule has 0 atom stereocenters. The van der Waals surface area contributed by atoms with Crippen molar-refractivity contribution in [3.05, 3.63) is 52.1 Å². The van der Waals surface area contributed by atoms with Crippen LogP contribution < -0.4 is 0 Å². The maximum Gasteiger partial charge on any atom is -0.00134 e. The average Bonchev–Trinajstić information content (AvgIpc) is 2.79. The maximum atomic E-state index is 2.37. The number of fused-ring (bicyclic) bond motifs is 1. The first kappa shape index (κ1) is 6.20. The van der Waals surface area contributed by atoms with Gasteiger partial charge in [0.1, 0.15) is 0 Å². The molecule has 0 fully saturated rings. The van der Waals surface area contributed by atoms with Crippen molar-refractivity contribution < 1.29 is 0 Å². The summed E-state index contributed by atoms with van der Waals surface area (Å²) in [7, 11) is 0. The number of aryl methyl sites for hydroxylation is 1. The van der Waals surface area contributed by atoms with E-state index in [1.165, 1.54) is 19.3 Å². The van der Waals surface area contributed by atoms with Gasteiger partial charge in [-0.1, -0.05) is 24.3 Å². The van der Waals surface area contributed by atoms with Crippen LogP contribution in [0.3, 0.4) is 0 Å². The van der Waals surface area contributed by atoms with Crippen LogP contribution in [0.4, 0.5) is 0 Å². The third kappa shape index (κ3) is 0.635. The molecule has 0 N–H and O–H groups in total. The smallest absolute Gasteiger partial charge is 0.00134 e. The Bertz CT molecular complexity index is 487. The molecule has 3 aliphatic carbocycles. The van der Waals surface area contributed by atoms with E-state index in [1.54, 1.807) is 33.4 Å². The standard InChI is InChI=1S/C13H10/c1-2-8-4-5-11-12-7-10(12)6-9(3-1)13(8)11/h1-3,7H,4-6H2. The normalized spacial score (nSPS) is 21.1. The van der Waals surface area contributed by atoms with Crippen molar-refractivity contribution in [2.24, 2.45) is 0 Å². The molecular weight excluding hydrogens is 156 g/mol. The fraction of sp³-hybridized carbons (Fsp3) is 0.231. The van der Waals surface area contributed by atoms with Crippen LogP contribution in [0.5, 0.6) is 0 Å². The quantitative estimate of drug-likeness (QED) is 0.556. The highest BCUT2D eigenvalue weighted by atomic mass is 14.4. The molecule has 3 aliphatic rings. The van der Waals surface area contributed by atoms with Gasteiger partial charge < -0.3 is 0 Å². The molecule has 4 rings (SSSR count). The fourth-order valence-corrected chi connectivity index (χ4v) is 2.82. The summed E-state index contributed by atoms with van der Waals surface area (Å²) in [6.07, 6.45) is 6.11. The molecule has 1 aromatic carbocycles. The van der Waals surface area contributed by atoms with E-state index in [2.05, 4.69) is 24.3 Å². The Morgan fingerprint density at radius 3 is 2.92 bits per heavy atom. The predicted octanol–water partition coefficient (Wildman–Crippen LogP) is 2.88. The van der Waals surface area contributed by atoms with Crippen LogP contribution in [0.1, 0.15) is 23.1 Å². The molecule has 0 aromatic heterocycles. The van der Waals surface area contributed by atoms with Crippen molar-refractivity contribution in [3.63, 3.8) is 0 Å². The van der Waals surface area contributed by atoms with E-state index in [0.717, 1.165) is 0 Å². The summed E-state index contributed by atoms with van der Waals surface area (Å²) in [5, 5.41) is 0. The second-order valence-corrected chi connectivity index (χ2v) is 4.19. The highest BCUT2D eigenvalue weighted by Gasteiger charge is 2.32. The molecule has 0 spiro atoms. The van der Waals surface area contributed by atoms with Crippen LogP contribution in [0, 0.1) is 0 Å². The number of hydrogen-bond acceptors (Lipinski definition) is 0. The molecule has 0 bridgehead atoms. The minimum absolute atomic E-state index is 1.20. The van der Waals surface area contributed by atoms with Crippen molar-refractivity contribution in [2.75, 3.05) is 0 Å². The van der Waals surface area contributed by atoms with Gasteiger partial charge in [0.15, 0.2) is 0 Å². The Balaban J connectivity index is 2.14. The monoisotopic (exact) mass is 166 g/mol. The van der Waals surface area contributed by atoms with Crippen molar-refractivity contribution in [1.29, 1.82) is 0 Å².